The summed E-state index contributed by atoms with van der Waals surface area (Å²) in [4.78, 5) is 14.2. The molecule has 1 aliphatic rings. The predicted octanol–water partition coefficient (Wildman–Crippen LogP) is 2.25. The highest BCUT2D eigenvalue weighted by molar-refractivity contribution is 7.89. The summed E-state index contributed by atoms with van der Waals surface area (Å²) in [6.45, 7) is 4.64. The minimum Gasteiger partial charge on any atom is -0.336 e. The lowest BCUT2D eigenvalue weighted by Crippen LogP contribution is -2.46. The molecule has 2 atom stereocenters. The van der Waals surface area contributed by atoms with Crippen LogP contribution in [0.15, 0.2) is 23.1 Å². The van der Waals surface area contributed by atoms with Gasteiger partial charge in [0, 0.05) is 12.6 Å². The molecule has 0 aliphatic carbocycles. The first-order chi connectivity index (χ1) is 9.73. The van der Waals surface area contributed by atoms with E-state index in [4.69, 9.17) is 16.7 Å². The number of amides is 1. The topological polar surface area (TPSA) is 80.5 Å². The lowest BCUT2D eigenvalue weighted by atomic mass is 9.91. The van der Waals surface area contributed by atoms with Gasteiger partial charge < -0.3 is 4.90 Å². The van der Waals surface area contributed by atoms with Gasteiger partial charge in [0.1, 0.15) is 0 Å². The fourth-order valence-electron chi connectivity index (χ4n) is 2.71. The Balaban J connectivity index is 2.49. The van der Waals surface area contributed by atoms with Crippen molar-refractivity contribution in [3.05, 3.63) is 28.8 Å². The molecule has 5 nitrogen and oxygen atoms in total. The van der Waals surface area contributed by atoms with Crippen LogP contribution in [0.3, 0.4) is 0 Å². The Hall–Kier alpha value is -1.11. The maximum Gasteiger partial charge on any atom is 0.257 e. The van der Waals surface area contributed by atoms with E-state index in [2.05, 4.69) is 6.92 Å². The van der Waals surface area contributed by atoms with E-state index in [1.165, 1.54) is 18.2 Å². The van der Waals surface area contributed by atoms with Crippen molar-refractivity contribution in [1.82, 2.24) is 4.90 Å². The number of likely N-dealkylation sites (tertiary alicyclic amines) is 1. The van der Waals surface area contributed by atoms with E-state index >= 15 is 0 Å². The smallest absolute Gasteiger partial charge is 0.257 e. The molecule has 7 heteroatoms. The number of piperidine rings is 1. The number of carbonyl (C=O) groups is 1. The predicted molar refractivity (Wildman–Crippen MR) is 81.7 cm³/mol. The average Bonchev–Trinajstić information content (AvgIpc) is 2.40. The Morgan fingerprint density at radius 3 is 2.67 bits per heavy atom. The largest absolute Gasteiger partial charge is 0.336 e. The number of nitrogens with two attached hydrogens (primary N) is 1. The molecule has 2 N–H and O–H groups in total. The van der Waals surface area contributed by atoms with Crippen LogP contribution < -0.4 is 5.14 Å². The lowest BCUT2D eigenvalue weighted by molar-refractivity contribution is 0.0547. The SMILES string of the molecule is CC1CCCN(C(=O)c2c(Cl)cccc2S(N)(=O)=O)C1C. The maximum absolute atomic E-state index is 12.8. The van der Waals surface area contributed by atoms with Crippen LogP contribution in [0.1, 0.15) is 37.0 Å². The van der Waals surface area contributed by atoms with Crippen LogP contribution in [-0.2, 0) is 10.0 Å². The third-order valence-electron chi connectivity index (χ3n) is 4.13. The van der Waals surface area contributed by atoms with Crippen molar-refractivity contribution in [1.29, 1.82) is 0 Å². The molecule has 0 spiro atoms. The molecule has 1 saturated heterocycles. The van der Waals surface area contributed by atoms with Gasteiger partial charge in [-0.3, -0.25) is 4.79 Å². The summed E-state index contributed by atoms with van der Waals surface area (Å²) >= 11 is 6.07. The van der Waals surface area contributed by atoms with Crippen LogP contribution >= 0.6 is 11.6 Å². The first kappa shape index (κ1) is 16.3. The number of halogens is 1. The molecule has 21 heavy (non-hydrogen) atoms. The van der Waals surface area contributed by atoms with Gasteiger partial charge in [0.2, 0.25) is 10.0 Å². The zero-order valence-electron chi connectivity index (χ0n) is 12.0. The molecule has 1 aromatic rings. The number of rotatable bonds is 2. The molecule has 0 bridgehead atoms. The normalized spacial score (nSPS) is 23.1. The van der Waals surface area contributed by atoms with Crippen molar-refractivity contribution in [3.63, 3.8) is 0 Å². The second kappa shape index (κ2) is 5.94. The van der Waals surface area contributed by atoms with Crippen molar-refractivity contribution >= 4 is 27.5 Å². The number of nitrogens with zero attached hydrogens (tertiary/aromatic N) is 1. The van der Waals surface area contributed by atoms with E-state index in [0.717, 1.165) is 12.8 Å². The van der Waals surface area contributed by atoms with E-state index in [1.807, 2.05) is 6.92 Å². The number of hydrogen-bond donors (Lipinski definition) is 1. The fraction of sp³-hybridized carbons (Fsp3) is 0.500. The molecule has 1 fully saturated rings. The molecule has 1 heterocycles. The van der Waals surface area contributed by atoms with Gasteiger partial charge in [-0.25, -0.2) is 13.6 Å². The Morgan fingerprint density at radius 1 is 1.38 bits per heavy atom. The summed E-state index contributed by atoms with van der Waals surface area (Å²) in [6, 6.07) is 4.32. The van der Waals surface area contributed by atoms with Crippen LogP contribution in [0.4, 0.5) is 0 Å². The molecular formula is C14H19ClN2O3S. The van der Waals surface area contributed by atoms with Crippen LogP contribution in [0.2, 0.25) is 5.02 Å². The van der Waals surface area contributed by atoms with Crippen molar-refractivity contribution in [2.24, 2.45) is 11.1 Å². The van der Waals surface area contributed by atoms with Gasteiger partial charge in [-0.15, -0.1) is 0 Å². The van der Waals surface area contributed by atoms with Crippen molar-refractivity contribution < 1.29 is 13.2 Å². The highest BCUT2D eigenvalue weighted by Gasteiger charge is 2.32. The summed E-state index contributed by atoms with van der Waals surface area (Å²) in [6.07, 6.45) is 1.95. The van der Waals surface area contributed by atoms with Gasteiger partial charge in [-0.2, -0.15) is 0 Å². The van der Waals surface area contributed by atoms with E-state index in [9.17, 15) is 13.2 Å². The van der Waals surface area contributed by atoms with Crippen LogP contribution in [0.5, 0.6) is 0 Å². The van der Waals surface area contributed by atoms with Gasteiger partial charge in [0.05, 0.1) is 15.5 Å². The third kappa shape index (κ3) is 3.22. The fourth-order valence-corrected chi connectivity index (χ4v) is 3.78. The van der Waals surface area contributed by atoms with Gasteiger partial charge in [-0.1, -0.05) is 24.6 Å². The van der Waals surface area contributed by atoms with E-state index in [1.54, 1.807) is 4.90 Å². The molecule has 1 aliphatic heterocycles. The first-order valence-electron chi connectivity index (χ1n) is 6.85. The molecule has 116 valence electrons. The molecule has 1 aromatic carbocycles. The Morgan fingerprint density at radius 2 is 2.05 bits per heavy atom. The van der Waals surface area contributed by atoms with E-state index in [0.29, 0.717) is 12.5 Å². The second-order valence-electron chi connectivity index (χ2n) is 5.52. The molecule has 0 aromatic heterocycles. The van der Waals surface area contributed by atoms with Crippen molar-refractivity contribution in [2.75, 3.05) is 6.54 Å². The van der Waals surface area contributed by atoms with Gasteiger partial charge in [0.15, 0.2) is 0 Å². The first-order valence-corrected chi connectivity index (χ1v) is 8.78. The standard InChI is InChI=1S/C14H19ClN2O3S/c1-9-5-4-8-17(10(9)2)14(18)13-11(15)6-3-7-12(13)21(16,19)20/h3,6-7,9-10H,4-5,8H2,1-2H3,(H2,16,19,20). The van der Waals surface area contributed by atoms with Gasteiger partial charge >= 0.3 is 0 Å². The molecule has 2 rings (SSSR count). The Labute approximate surface area is 130 Å². The lowest BCUT2D eigenvalue weighted by Gasteiger charge is -2.38. The number of hydrogen-bond acceptors (Lipinski definition) is 3. The van der Waals surface area contributed by atoms with Crippen molar-refractivity contribution in [2.45, 2.75) is 37.6 Å². The minimum absolute atomic E-state index is 0.0254. The van der Waals surface area contributed by atoms with Crippen molar-refractivity contribution in [3.8, 4) is 0 Å². The number of carbonyl (C=O) groups excluding carboxylic acids is 1. The maximum atomic E-state index is 12.8. The van der Waals surface area contributed by atoms with Crippen LogP contribution in [0.25, 0.3) is 0 Å². The van der Waals surface area contributed by atoms with Gasteiger partial charge in [0.25, 0.3) is 5.91 Å². The third-order valence-corrected chi connectivity index (χ3v) is 5.40. The molecule has 0 radical (unpaired) electrons. The highest BCUT2D eigenvalue weighted by atomic mass is 35.5. The van der Waals surface area contributed by atoms with E-state index < -0.39 is 10.0 Å². The summed E-state index contributed by atoms with van der Waals surface area (Å²) in [7, 11) is -4.00. The summed E-state index contributed by atoms with van der Waals surface area (Å²) < 4.78 is 23.4. The Kier molecular flexibility index (Phi) is 4.60. The van der Waals surface area contributed by atoms with Gasteiger partial charge in [-0.05, 0) is 37.8 Å². The minimum atomic E-state index is -4.00. The second-order valence-corrected chi connectivity index (χ2v) is 7.45. The van der Waals surface area contributed by atoms with E-state index in [-0.39, 0.29) is 27.4 Å². The average molecular weight is 331 g/mol. The van der Waals surface area contributed by atoms with Crippen LogP contribution in [0, 0.1) is 5.92 Å². The summed E-state index contributed by atoms with van der Waals surface area (Å²) in [5, 5.41) is 5.31. The number of primary sulfonamides is 1. The number of benzene rings is 1. The Bertz CT molecular complexity index is 660. The monoisotopic (exact) mass is 330 g/mol. The zero-order chi connectivity index (χ0) is 15.8. The molecular weight excluding hydrogens is 312 g/mol. The highest BCUT2D eigenvalue weighted by Crippen LogP contribution is 2.29. The quantitative estimate of drug-likeness (QED) is 0.903. The summed E-state index contributed by atoms with van der Waals surface area (Å²) in [5.74, 6) is -0.00760. The summed E-state index contributed by atoms with van der Waals surface area (Å²) in [5.41, 5.74) is -0.0254. The number of sulfonamides is 1. The molecule has 0 saturated carbocycles. The molecule has 2 unspecified atom stereocenters. The zero-order valence-corrected chi connectivity index (χ0v) is 13.6. The van der Waals surface area contributed by atoms with Crippen LogP contribution in [-0.4, -0.2) is 31.8 Å². The molecule has 1 amide bonds.